The van der Waals surface area contributed by atoms with Gasteiger partial charge in [0.25, 0.3) is 0 Å². The molecule has 0 radical (unpaired) electrons. The van der Waals surface area contributed by atoms with E-state index in [4.69, 9.17) is 4.74 Å². The smallest absolute Gasteiger partial charge is 0.308 e. The van der Waals surface area contributed by atoms with Crippen molar-refractivity contribution in [2.24, 2.45) is 11.8 Å². The van der Waals surface area contributed by atoms with Crippen molar-refractivity contribution < 1.29 is 9.53 Å². The van der Waals surface area contributed by atoms with Gasteiger partial charge in [0, 0.05) is 10.2 Å². The molecule has 2 nitrogen and oxygen atoms in total. The first-order valence-electron chi connectivity index (χ1n) is 9.29. The van der Waals surface area contributed by atoms with Crippen LogP contribution >= 0.6 is 0 Å². The van der Waals surface area contributed by atoms with Gasteiger partial charge in [-0.05, 0) is 43.9 Å². The number of esters is 1. The summed E-state index contributed by atoms with van der Waals surface area (Å²) >= 11 is 0. The van der Waals surface area contributed by atoms with Gasteiger partial charge in [-0.3, -0.25) is 4.79 Å². The van der Waals surface area contributed by atoms with Crippen LogP contribution < -0.4 is 0 Å². The highest BCUT2D eigenvalue weighted by molar-refractivity contribution is 6.27. The number of hydrogen-bond donors (Lipinski definition) is 0. The summed E-state index contributed by atoms with van der Waals surface area (Å²) < 4.78 is 5.96. The van der Waals surface area contributed by atoms with E-state index >= 15 is 0 Å². The number of carbonyl (C=O) groups excluding carboxylic acids is 1. The average molecular weight is 311 g/mol. The van der Waals surface area contributed by atoms with Crippen molar-refractivity contribution in [2.75, 3.05) is 0 Å². The van der Waals surface area contributed by atoms with E-state index in [0.29, 0.717) is 5.92 Å². The van der Waals surface area contributed by atoms with Gasteiger partial charge in [0.15, 0.2) is 0 Å². The van der Waals surface area contributed by atoms with Crippen molar-refractivity contribution in [3.8, 4) is 0 Å². The molecule has 0 aliphatic heterocycles. The summed E-state index contributed by atoms with van der Waals surface area (Å²) in [7, 11) is 0.926. The van der Waals surface area contributed by atoms with Gasteiger partial charge in [-0.15, -0.1) is 0 Å². The van der Waals surface area contributed by atoms with Crippen molar-refractivity contribution >= 4 is 16.2 Å². The molecule has 0 aromatic carbocycles. The zero-order chi connectivity index (χ0) is 15.3. The van der Waals surface area contributed by atoms with Crippen molar-refractivity contribution in [3.05, 3.63) is 0 Å². The fraction of sp³-hybridized carbons (Fsp3) is 0.944. The normalized spacial score (nSPS) is 26.2. The van der Waals surface area contributed by atoms with E-state index in [9.17, 15) is 4.79 Å². The highest BCUT2D eigenvalue weighted by Gasteiger charge is 2.43. The van der Waals surface area contributed by atoms with Crippen LogP contribution in [0.4, 0.5) is 0 Å². The Kier molecular flexibility index (Phi) is 6.33. The van der Waals surface area contributed by atoms with Crippen LogP contribution in [0.5, 0.6) is 0 Å². The Morgan fingerprint density at radius 1 is 1.10 bits per heavy atom. The maximum absolute atomic E-state index is 12.9. The molecule has 2 atom stereocenters. The lowest BCUT2D eigenvalue weighted by Crippen LogP contribution is -2.38. The van der Waals surface area contributed by atoms with Crippen LogP contribution in [-0.4, -0.2) is 22.3 Å². The van der Waals surface area contributed by atoms with E-state index in [2.05, 4.69) is 13.8 Å². The van der Waals surface area contributed by atoms with Gasteiger partial charge in [-0.25, -0.2) is 0 Å². The molecule has 21 heavy (non-hydrogen) atoms. The molecule has 0 N–H and O–H groups in total. The van der Waals surface area contributed by atoms with Crippen molar-refractivity contribution in [1.29, 1.82) is 0 Å². The average Bonchev–Trinajstić information content (AvgIpc) is 2.55. The molecule has 0 spiro atoms. The molecule has 2 unspecified atom stereocenters. The van der Waals surface area contributed by atoms with Gasteiger partial charge >= 0.3 is 5.97 Å². The molecule has 2 saturated carbocycles. The predicted molar refractivity (Wildman–Crippen MR) is 91.6 cm³/mol. The third kappa shape index (κ3) is 4.11. The number of carbonyl (C=O) groups is 1. The van der Waals surface area contributed by atoms with Gasteiger partial charge < -0.3 is 4.74 Å². The topological polar surface area (TPSA) is 26.3 Å². The van der Waals surface area contributed by atoms with Gasteiger partial charge in [0.1, 0.15) is 6.10 Å². The Hall–Kier alpha value is -0.313. The number of ether oxygens (including phenoxy) is 1. The van der Waals surface area contributed by atoms with E-state index < -0.39 is 0 Å². The first-order valence-corrected chi connectivity index (χ1v) is 10.3. The zero-order valence-electron chi connectivity index (χ0n) is 14.3. The SMILES string of the molecule is CCC([SiH3])(C(=O)OC1CCCCC1)C(C)C1CCCCC1. The van der Waals surface area contributed by atoms with Crippen LogP contribution in [-0.2, 0) is 9.53 Å². The van der Waals surface area contributed by atoms with E-state index in [1.807, 2.05) is 0 Å². The fourth-order valence-corrected chi connectivity index (χ4v) is 4.86. The zero-order valence-corrected chi connectivity index (χ0v) is 16.3. The summed E-state index contributed by atoms with van der Waals surface area (Å²) in [6, 6.07) is 0. The molecule has 3 heteroatoms. The molecular weight excluding hydrogens is 276 g/mol. The lowest BCUT2D eigenvalue weighted by atomic mass is 9.73. The second-order valence-electron chi connectivity index (χ2n) is 7.62. The van der Waals surface area contributed by atoms with Crippen molar-refractivity contribution in [1.82, 2.24) is 0 Å². The Bertz CT molecular complexity index is 332. The summed E-state index contributed by atoms with van der Waals surface area (Å²) in [4.78, 5) is 12.9. The van der Waals surface area contributed by atoms with Gasteiger partial charge in [-0.1, -0.05) is 52.4 Å². The van der Waals surface area contributed by atoms with Crippen molar-refractivity contribution in [2.45, 2.75) is 95.6 Å². The summed E-state index contributed by atoms with van der Waals surface area (Å²) in [5, 5.41) is -0.153. The third-order valence-electron chi connectivity index (χ3n) is 6.39. The molecule has 0 aromatic rings. The highest BCUT2D eigenvalue weighted by Crippen LogP contribution is 2.46. The molecule has 2 aliphatic carbocycles. The number of hydrogen-bond acceptors (Lipinski definition) is 2. The maximum Gasteiger partial charge on any atom is 0.308 e. The highest BCUT2D eigenvalue weighted by atomic mass is 28.1. The molecule has 0 heterocycles. The Balaban J connectivity index is 1.98. The summed E-state index contributed by atoms with van der Waals surface area (Å²) in [6.45, 7) is 4.52. The van der Waals surface area contributed by atoms with Crippen LogP contribution in [0, 0.1) is 11.8 Å². The second-order valence-corrected chi connectivity index (χ2v) is 9.41. The molecule has 2 fully saturated rings. The Morgan fingerprint density at radius 2 is 1.62 bits per heavy atom. The first kappa shape index (κ1) is 17.0. The minimum Gasteiger partial charge on any atom is -0.462 e. The molecule has 0 saturated heterocycles. The van der Waals surface area contributed by atoms with E-state index in [-0.39, 0.29) is 17.1 Å². The third-order valence-corrected chi connectivity index (χ3v) is 8.41. The van der Waals surface area contributed by atoms with E-state index in [1.54, 1.807) is 0 Å². The van der Waals surface area contributed by atoms with Crippen LogP contribution in [0.1, 0.15) is 84.5 Å². The molecule has 122 valence electrons. The molecule has 2 aliphatic rings. The summed E-state index contributed by atoms with van der Waals surface area (Å²) in [5.74, 6) is 1.39. The van der Waals surface area contributed by atoms with Crippen LogP contribution in [0.2, 0.25) is 5.04 Å². The first-order chi connectivity index (χ1) is 10.1. The molecule has 2 rings (SSSR count). The quantitative estimate of drug-likeness (QED) is 0.566. The van der Waals surface area contributed by atoms with Crippen LogP contribution in [0.25, 0.3) is 0 Å². The molecular formula is C18H34O2Si. The lowest BCUT2D eigenvalue weighted by molar-refractivity contribution is -0.157. The molecule has 0 aromatic heterocycles. The largest absolute Gasteiger partial charge is 0.462 e. The minimum atomic E-state index is -0.153. The molecule has 0 amide bonds. The van der Waals surface area contributed by atoms with Crippen molar-refractivity contribution in [3.63, 3.8) is 0 Å². The van der Waals surface area contributed by atoms with Crippen LogP contribution in [0.3, 0.4) is 0 Å². The number of rotatable bonds is 5. The van der Waals surface area contributed by atoms with Gasteiger partial charge in [0.2, 0.25) is 0 Å². The Morgan fingerprint density at radius 3 is 2.14 bits per heavy atom. The van der Waals surface area contributed by atoms with Crippen LogP contribution in [0.15, 0.2) is 0 Å². The standard InChI is InChI=1S/C18H34O2Si/c1-3-18(21,14(2)15-10-6-4-7-11-15)17(19)20-16-12-8-5-9-13-16/h14-16H,3-13H2,1-2,21H3. The monoisotopic (exact) mass is 310 g/mol. The predicted octanol–water partition coefficient (Wildman–Crippen LogP) is 4.01. The summed E-state index contributed by atoms with van der Waals surface area (Å²) in [5.41, 5.74) is 0. The second kappa shape index (κ2) is 7.80. The van der Waals surface area contributed by atoms with E-state index in [0.717, 1.165) is 35.4 Å². The molecule has 0 bridgehead atoms. The maximum atomic E-state index is 12.9. The summed E-state index contributed by atoms with van der Waals surface area (Å²) in [6.07, 6.45) is 13.9. The fourth-order valence-electron chi connectivity index (χ4n) is 4.28. The Labute approximate surface area is 133 Å². The van der Waals surface area contributed by atoms with Gasteiger partial charge in [-0.2, -0.15) is 0 Å². The van der Waals surface area contributed by atoms with E-state index in [1.165, 1.54) is 51.4 Å². The lowest BCUT2D eigenvalue weighted by Gasteiger charge is -2.40. The van der Waals surface area contributed by atoms with Gasteiger partial charge in [0.05, 0.1) is 5.04 Å². The minimum absolute atomic E-state index is 0.140.